The normalized spacial score (nSPS) is 19.6. The first kappa shape index (κ1) is 21.0. The highest BCUT2D eigenvalue weighted by Gasteiger charge is 2.30. The highest BCUT2D eigenvalue weighted by atomic mass is 19.1. The summed E-state index contributed by atoms with van der Waals surface area (Å²) >= 11 is 0. The molecule has 4 nitrogen and oxygen atoms in total. The minimum atomic E-state index is -0.191. The summed E-state index contributed by atoms with van der Waals surface area (Å²) in [4.78, 5) is 19.8. The van der Waals surface area contributed by atoms with Gasteiger partial charge in [-0.2, -0.15) is 0 Å². The number of carbonyl (C=O) groups is 1. The van der Waals surface area contributed by atoms with E-state index in [9.17, 15) is 9.18 Å². The molecule has 1 aliphatic heterocycles. The zero-order chi connectivity index (χ0) is 20.8. The molecule has 4 rings (SSSR count). The van der Waals surface area contributed by atoms with Crippen LogP contribution in [0, 0.1) is 17.7 Å². The Balaban J connectivity index is 1.36. The highest BCUT2D eigenvalue weighted by molar-refractivity contribution is 5.76. The van der Waals surface area contributed by atoms with Crippen LogP contribution >= 0.6 is 0 Å². The van der Waals surface area contributed by atoms with Gasteiger partial charge >= 0.3 is 0 Å². The Bertz CT molecular complexity index is 797. The Morgan fingerprint density at radius 2 is 1.80 bits per heavy atom. The number of piperidine rings is 1. The van der Waals surface area contributed by atoms with Gasteiger partial charge in [-0.15, -0.1) is 0 Å². The first-order valence-electron chi connectivity index (χ1n) is 11.3. The molecule has 1 aliphatic carbocycles. The van der Waals surface area contributed by atoms with E-state index < -0.39 is 0 Å². The number of halogens is 1. The molecule has 0 unspecified atom stereocenters. The predicted octanol–water partition coefficient (Wildman–Crippen LogP) is 4.87. The molecule has 0 radical (unpaired) electrons. The van der Waals surface area contributed by atoms with Gasteiger partial charge in [-0.25, -0.2) is 4.39 Å². The van der Waals surface area contributed by atoms with Crippen LogP contribution < -0.4 is 5.32 Å². The Morgan fingerprint density at radius 3 is 2.47 bits per heavy atom. The second-order valence-electron chi connectivity index (χ2n) is 8.89. The Hall–Kier alpha value is -2.27. The van der Waals surface area contributed by atoms with E-state index in [0.717, 1.165) is 43.7 Å². The summed E-state index contributed by atoms with van der Waals surface area (Å²) < 4.78 is 13.1. The minimum Gasteiger partial charge on any atom is -0.347 e. The molecular formula is C25H32FN3O. The van der Waals surface area contributed by atoms with Crippen LogP contribution in [0.15, 0.2) is 48.7 Å². The van der Waals surface area contributed by atoms with E-state index >= 15 is 0 Å². The summed E-state index contributed by atoms with van der Waals surface area (Å²) in [6.45, 7) is 2.79. The van der Waals surface area contributed by atoms with Crippen molar-refractivity contribution in [2.75, 3.05) is 13.1 Å². The predicted molar refractivity (Wildman–Crippen MR) is 116 cm³/mol. The standard InChI is InChI=1S/C25H32FN3O/c26-22-10-8-20(9-11-22)18-29-15-12-21(13-16-29)25(23-7-3-4-14-27-23)28-24(30)17-19-5-1-2-6-19/h3-4,7-11,14,19,21,25H,1-2,5-6,12-13,15-18H2,(H,28,30)/t25-/m1/s1. The molecule has 0 bridgehead atoms. The van der Waals surface area contributed by atoms with Crippen molar-refractivity contribution in [1.82, 2.24) is 15.2 Å². The van der Waals surface area contributed by atoms with Crippen molar-refractivity contribution in [3.63, 3.8) is 0 Å². The number of carbonyl (C=O) groups excluding carboxylic acids is 1. The summed E-state index contributed by atoms with van der Waals surface area (Å²) in [5.74, 6) is 0.916. The van der Waals surface area contributed by atoms with Crippen LogP contribution in [-0.2, 0) is 11.3 Å². The zero-order valence-corrected chi connectivity index (χ0v) is 17.6. The first-order chi connectivity index (χ1) is 14.7. The van der Waals surface area contributed by atoms with Crippen LogP contribution in [0.2, 0.25) is 0 Å². The number of rotatable bonds is 7. The van der Waals surface area contributed by atoms with Crippen LogP contribution in [0.4, 0.5) is 4.39 Å². The Kier molecular flexibility index (Phi) is 7.11. The Morgan fingerprint density at radius 1 is 1.07 bits per heavy atom. The van der Waals surface area contributed by atoms with Gasteiger partial charge in [-0.05, 0) is 80.4 Å². The first-order valence-corrected chi connectivity index (χ1v) is 11.3. The molecule has 1 atom stereocenters. The van der Waals surface area contributed by atoms with Crippen molar-refractivity contribution >= 4 is 5.91 Å². The molecule has 2 aliphatic rings. The number of nitrogens with one attached hydrogen (secondary N) is 1. The molecule has 5 heteroatoms. The lowest BCUT2D eigenvalue weighted by molar-refractivity contribution is -0.123. The molecule has 1 aromatic heterocycles. The summed E-state index contributed by atoms with van der Waals surface area (Å²) in [5, 5.41) is 3.34. The maximum atomic E-state index is 13.1. The molecule has 30 heavy (non-hydrogen) atoms. The number of hydrogen-bond donors (Lipinski definition) is 1. The molecule has 1 amide bonds. The average molecular weight is 410 g/mol. The summed E-state index contributed by atoms with van der Waals surface area (Å²) in [7, 11) is 0. The van der Waals surface area contributed by atoms with E-state index in [1.165, 1.54) is 37.8 Å². The van der Waals surface area contributed by atoms with Crippen molar-refractivity contribution in [3.8, 4) is 0 Å². The van der Waals surface area contributed by atoms with Crippen LogP contribution in [0.25, 0.3) is 0 Å². The van der Waals surface area contributed by atoms with Crippen molar-refractivity contribution in [3.05, 3.63) is 65.7 Å². The van der Waals surface area contributed by atoms with Gasteiger partial charge in [-0.3, -0.25) is 14.7 Å². The maximum Gasteiger partial charge on any atom is 0.220 e. The van der Waals surface area contributed by atoms with E-state index in [-0.39, 0.29) is 17.8 Å². The lowest BCUT2D eigenvalue weighted by Crippen LogP contribution is -2.41. The highest BCUT2D eigenvalue weighted by Crippen LogP contribution is 2.32. The third-order valence-corrected chi connectivity index (χ3v) is 6.69. The third-order valence-electron chi connectivity index (χ3n) is 6.69. The number of likely N-dealkylation sites (tertiary alicyclic amines) is 1. The van der Waals surface area contributed by atoms with Gasteiger partial charge in [0.25, 0.3) is 0 Å². The largest absolute Gasteiger partial charge is 0.347 e. The van der Waals surface area contributed by atoms with Gasteiger partial charge in [0, 0.05) is 19.2 Å². The number of nitrogens with zero attached hydrogens (tertiary/aromatic N) is 2. The molecule has 0 spiro atoms. The number of pyridine rings is 1. The minimum absolute atomic E-state index is 0.0203. The fraction of sp³-hybridized carbons (Fsp3) is 0.520. The molecule has 2 heterocycles. The van der Waals surface area contributed by atoms with Gasteiger partial charge in [0.1, 0.15) is 5.82 Å². The fourth-order valence-corrected chi connectivity index (χ4v) is 4.99. The third kappa shape index (κ3) is 5.66. The number of aromatic nitrogens is 1. The lowest BCUT2D eigenvalue weighted by atomic mass is 9.86. The van der Waals surface area contributed by atoms with Gasteiger partial charge < -0.3 is 5.32 Å². The van der Waals surface area contributed by atoms with Crippen LogP contribution in [0.3, 0.4) is 0 Å². The summed E-state index contributed by atoms with van der Waals surface area (Å²) in [6.07, 6.45) is 9.38. The van der Waals surface area contributed by atoms with E-state index in [1.54, 1.807) is 0 Å². The van der Waals surface area contributed by atoms with Crippen molar-refractivity contribution < 1.29 is 9.18 Å². The molecule has 2 fully saturated rings. The maximum absolute atomic E-state index is 13.1. The van der Waals surface area contributed by atoms with E-state index in [4.69, 9.17) is 0 Å². The van der Waals surface area contributed by atoms with E-state index in [1.807, 2.05) is 36.5 Å². The molecule has 160 valence electrons. The van der Waals surface area contributed by atoms with Crippen molar-refractivity contribution in [2.24, 2.45) is 11.8 Å². The summed E-state index contributed by atoms with van der Waals surface area (Å²) in [5.41, 5.74) is 2.11. The molecule has 1 saturated carbocycles. The monoisotopic (exact) mass is 409 g/mol. The van der Waals surface area contributed by atoms with Gasteiger partial charge in [0.2, 0.25) is 5.91 Å². The quantitative estimate of drug-likeness (QED) is 0.710. The second-order valence-corrected chi connectivity index (χ2v) is 8.89. The van der Waals surface area contributed by atoms with Crippen molar-refractivity contribution in [2.45, 2.75) is 57.5 Å². The molecule has 2 aromatic rings. The number of amides is 1. The lowest BCUT2D eigenvalue weighted by Gasteiger charge is -2.36. The zero-order valence-electron chi connectivity index (χ0n) is 17.6. The van der Waals surface area contributed by atoms with Crippen LogP contribution in [-0.4, -0.2) is 28.9 Å². The second kappa shape index (κ2) is 10.2. The molecule has 1 saturated heterocycles. The van der Waals surface area contributed by atoms with E-state index in [0.29, 0.717) is 18.3 Å². The van der Waals surface area contributed by atoms with E-state index in [2.05, 4.69) is 15.2 Å². The van der Waals surface area contributed by atoms with Gasteiger partial charge in [0.15, 0.2) is 0 Å². The van der Waals surface area contributed by atoms with Crippen LogP contribution in [0.5, 0.6) is 0 Å². The van der Waals surface area contributed by atoms with Gasteiger partial charge in [0.05, 0.1) is 11.7 Å². The van der Waals surface area contributed by atoms with Crippen LogP contribution in [0.1, 0.15) is 62.2 Å². The fourth-order valence-electron chi connectivity index (χ4n) is 4.99. The topological polar surface area (TPSA) is 45.2 Å². The Labute approximate surface area is 178 Å². The SMILES string of the molecule is O=C(CC1CCCC1)N[C@@H](c1ccccn1)C1CCN(Cc2ccc(F)cc2)CC1. The van der Waals surface area contributed by atoms with Crippen molar-refractivity contribution in [1.29, 1.82) is 0 Å². The molecule has 1 N–H and O–H groups in total. The number of benzene rings is 1. The average Bonchev–Trinajstić information content (AvgIpc) is 3.28. The number of hydrogen-bond acceptors (Lipinski definition) is 3. The smallest absolute Gasteiger partial charge is 0.220 e. The molecule has 1 aromatic carbocycles. The van der Waals surface area contributed by atoms with Gasteiger partial charge in [-0.1, -0.05) is 31.0 Å². The molecular weight excluding hydrogens is 377 g/mol. The summed E-state index contributed by atoms with van der Waals surface area (Å²) in [6, 6.07) is 12.7.